The molecule has 7 nitrogen and oxygen atoms in total. The van der Waals surface area contributed by atoms with Crippen molar-refractivity contribution in [3.05, 3.63) is 29.8 Å². The van der Waals surface area contributed by atoms with Crippen molar-refractivity contribution in [3.8, 4) is 0 Å². The minimum Gasteiger partial charge on any atom is -0.592 e. The third-order valence-corrected chi connectivity index (χ3v) is 6.81. The van der Waals surface area contributed by atoms with Crippen LogP contribution >= 0.6 is 11.3 Å². The first-order chi connectivity index (χ1) is 11.6. The molecule has 0 aliphatic heterocycles. The first-order valence-electron chi connectivity index (χ1n) is 7.73. The van der Waals surface area contributed by atoms with Crippen molar-refractivity contribution in [2.45, 2.75) is 36.1 Å². The molecule has 0 aromatic carbocycles. The highest BCUT2D eigenvalue weighted by Crippen LogP contribution is 2.32. The Bertz CT molecular complexity index is 843. The van der Waals surface area contributed by atoms with Crippen LogP contribution in [0.4, 0.5) is 5.82 Å². The number of hydrogen-bond acceptors (Lipinski definition) is 7. The average molecular weight is 362 g/mol. The molecule has 1 aliphatic rings. The molecule has 0 radical (unpaired) electrons. The van der Waals surface area contributed by atoms with Crippen LogP contribution in [0.15, 0.2) is 29.0 Å². The van der Waals surface area contributed by atoms with Crippen LogP contribution in [0.25, 0.3) is 11.0 Å². The summed E-state index contributed by atoms with van der Waals surface area (Å²) in [6.07, 6.45) is 7.03. The Labute approximate surface area is 146 Å². The lowest BCUT2D eigenvalue weighted by molar-refractivity contribution is 0.316. The van der Waals surface area contributed by atoms with Gasteiger partial charge in [0.25, 0.3) is 0 Å². The summed E-state index contributed by atoms with van der Waals surface area (Å²) in [7, 11) is 2.05. The van der Waals surface area contributed by atoms with Gasteiger partial charge in [-0.2, -0.15) is 0 Å². The standard InChI is InChI=1S/C15H18N6OS2/c1-9-17-7-13(23-9)24(22)20-10-5-11(6-10)21(2)15-12-3-4-16-14(12)18-8-19-15/h3-4,7-8,10-11,20H,5-6H2,1-2H3,(H,16,18,19)/t10-,11+,24?. The van der Waals surface area contributed by atoms with Gasteiger partial charge < -0.3 is 14.4 Å². The van der Waals surface area contributed by atoms with Gasteiger partial charge in [0.15, 0.2) is 0 Å². The summed E-state index contributed by atoms with van der Waals surface area (Å²) in [6, 6.07) is 2.64. The minimum atomic E-state index is -1.17. The first-order valence-corrected chi connectivity index (χ1v) is 9.69. The van der Waals surface area contributed by atoms with E-state index in [-0.39, 0.29) is 6.04 Å². The van der Waals surface area contributed by atoms with E-state index in [1.165, 1.54) is 11.3 Å². The molecule has 2 N–H and O–H groups in total. The largest absolute Gasteiger partial charge is 0.592 e. The first kappa shape index (κ1) is 15.8. The fourth-order valence-electron chi connectivity index (χ4n) is 2.95. The molecule has 0 amide bonds. The maximum absolute atomic E-state index is 12.3. The van der Waals surface area contributed by atoms with Gasteiger partial charge in [-0.3, -0.25) is 0 Å². The quantitative estimate of drug-likeness (QED) is 0.675. The van der Waals surface area contributed by atoms with Crippen LogP contribution < -0.4 is 9.62 Å². The Morgan fingerprint density at radius 3 is 2.96 bits per heavy atom. The number of H-pyrrole nitrogens is 1. The zero-order valence-corrected chi connectivity index (χ0v) is 15.0. The second kappa shape index (κ2) is 6.32. The predicted molar refractivity (Wildman–Crippen MR) is 95.5 cm³/mol. The molecule has 1 unspecified atom stereocenters. The number of anilines is 1. The summed E-state index contributed by atoms with van der Waals surface area (Å²) in [5.41, 5.74) is 0.850. The summed E-state index contributed by atoms with van der Waals surface area (Å²) < 4.78 is 16.3. The third kappa shape index (κ3) is 2.88. The third-order valence-electron chi connectivity index (χ3n) is 4.38. The lowest BCUT2D eigenvalue weighted by Crippen LogP contribution is -2.53. The average Bonchev–Trinajstić information content (AvgIpc) is 3.17. The van der Waals surface area contributed by atoms with E-state index >= 15 is 0 Å². The number of nitrogens with one attached hydrogen (secondary N) is 2. The normalized spacial score (nSPS) is 21.6. The van der Waals surface area contributed by atoms with Crippen LogP contribution in [0.2, 0.25) is 0 Å². The number of aromatic amines is 1. The maximum atomic E-state index is 12.3. The SMILES string of the molecule is Cc1ncc([S+]([O-])N[C@H]2C[C@@H](N(C)c3ncnc4[nH]ccc34)C2)s1. The van der Waals surface area contributed by atoms with E-state index < -0.39 is 11.4 Å². The van der Waals surface area contributed by atoms with Crippen LogP contribution in [0.1, 0.15) is 17.8 Å². The molecule has 1 fully saturated rings. The van der Waals surface area contributed by atoms with Gasteiger partial charge in [0.1, 0.15) is 17.8 Å². The Morgan fingerprint density at radius 1 is 1.38 bits per heavy atom. The van der Waals surface area contributed by atoms with E-state index in [1.807, 2.05) is 19.2 Å². The van der Waals surface area contributed by atoms with Crippen LogP contribution in [0, 0.1) is 6.92 Å². The monoisotopic (exact) mass is 362 g/mol. The molecule has 24 heavy (non-hydrogen) atoms. The van der Waals surface area contributed by atoms with E-state index in [0.717, 1.165) is 38.9 Å². The zero-order valence-electron chi connectivity index (χ0n) is 13.4. The highest BCUT2D eigenvalue weighted by molar-refractivity contribution is 7.91. The number of hydrogen-bond donors (Lipinski definition) is 2. The summed E-state index contributed by atoms with van der Waals surface area (Å²) in [4.78, 5) is 18.1. The molecule has 3 aromatic heterocycles. The van der Waals surface area contributed by atoms with Crippen molar-refractivity contribution in [1.82, 2.24) is 24.7 Å². The van der Waals surface area contributed by atoms with Crippen molar-refractivity contribution >= 4 is 39.5 Å². The van der Waals surface area contributed by atoms with Crippen molar-refractivity contribution in [2.75, 3.05) is 11.9 Å². The van der Waals surface area contributed by atoms with Crippen molar-refractivity contribution < 1.29 is 4.55 Å². The molecule has 1 aliphatic carbocycles. The topological polar surface area (TPSA) is 92.8 Å². The number of fused-ring (bicyclic) bond motifs is 1. The van der Waals surface area contributed by atoms with E-state index in [9.17, 15) is 4.55 Å². The molecule has 0 spiro atoms. The summed E-state index contributed by atoms with van der Waals surface area (Å²) in [5.74, 6) is 0.934. The van der Waals surface area contributed by atoms with Gasteiger partial charge in [-0.25, -0.2) is 15.0 Å². The van der Waals surface area contributed by atoms with Gasteiger partial charge in [-0.1, -0.05) is 11.3 Å². The number of aryl methyl sites for hydroxylation is 1. The molecule has 3 heterocycles. The van der Waals surface area contributed by atoms with Crippen molar-refractivity contribution in [3.63, 3.8) is 0 Å². The highest BCUT2D eigenvalue weighted by Gasteiger charge is 2.36. The summed E-state index contributed by atoms with van der Waals surface area (Å²) in [6.45, 7) is 1.92. The van der Waals surface area contributed by atoms with Gasteiger partial charge in [-0.15, -0.1) is 4.72 Å². The fraction of sp³-hybridized carbons (Fsp3) is 0.400. The van der Waals surface area contributed by atoms with E-state index in [1.54, 1.807) is 12.5 Å². The molecular formula is C15H18N6OS2. The molecule has 1 saturated carbocycles. The molecular weight excluding hydrogens is 344 g/mol. The van der Waals surface area contributed by atoms with E-state index in [2.05, 4.69) is 36.6 Å². The molecule has 4 rings (SSSR count). The molecule has 0 bridgehead atoms. The second-order valence-corrected chi connectivity index (χ2v) is 8.66. The van der Waals surface area contributed by atoms with Crippen LogP contribution in [-0.2, 0) is 11.4 Å². The maximum Gasteiger partial charge on any atom is 0.247 e. The Kier molecular flexibility index (Phi) is 4.17. The van der Waals surface area contributed by atoms with Gasteiger partial charge in [0.2, 0.25) is 4.21 Å². The fourth-order valence-corrected chi connectivity index (χ4v) is 5.02. The molecule has 3 aromatic rings. The Balaban J connectivity index is 1.38. The number of thiazole rings is 1. The molecule has 1 atom stereocenters. The van der Waals surface area contributed by atoms with Gasteiger partial charge in [0, 0.05) is 19.3 Å². The Morgan fingerprint density at radius 2 is 2.21 bits per heavy atom. The van der Waals surface area contributed by atoms with E-state index in [0.29, 0.717) is 6.04 Å². The number of nitrogens with zero attached hydrogens (tertiary/aromatic N) is 4. The molecule has 9 heteroatoms. The second-order valence-electron chi connectivity index (χ2n) is 5.96. The molecule has 0 saturated heterocycles. The van der Waals surface area contributed by atoms with Gasteiger partial charge in [-0.05, 0) is 25.8 Å². The zero-order chi connectivity index (χ0) is 16.7. The van der Waals surface area contributed by atoms with Gasteiger partial charge >= 0.3 is 0 Å². The van der Waals surface area contributed by atoms with Crippen LogP contribution in [0.5, 0.6) is 0 Å². The lowest BCUT2D eigenvalue weighted by atomic mass is 9.86. The summed E-state index contributed by atoms with van der Waals surface area (Å²) in [5, 5.41) is 1.96. The van der Waals surface area contributed by atoms with Crippen molar-refractivity contribution in [1.29, 1.82) is 0 Å². The summed E-state index contributed by atoms with van der Waals surface area (Å²) >= 11 is 0.301. The highest BCUT2D eigenvalue weighted by atomic mass is 32.2. The van der Waals surface area contributed by atoms with Crippen LogP contribution in [0.3, 0.4) is 0 Å². The van der Waals surface area contributed by atoms with Crippen LogP contribution in [-0.4, -0.2) is 43.6 Å². The predicted octanol–water partition coefficient (Wildman–Crippen LogP) is 2.00. The smallest absolute Gasteiger partial charge is 0.247 e. The lowest BCUT2D eigenvalue weighted by Gasteiger charge is -2.41. The minimum absolute atomic E-state index is 0.254. The van der Waals surface area contributed by atoms with E-state index in [4.69, 9.17) is 0 Å². The Hall–Kier alpha value is -1.68. The number of aromatic nitrogens is 4. The number of rotatable bonds is 5. The molecule has 126 valence electrons. The van der Waals surface area contributed by atoms with Gasteiger partial charge in [0.05, 0.1) is 34.0 Å². The van der Waals surface area contributed by atoms with Crippen molar-refractivity contribution in [2.24, 2.45) is 0 Å².